The Bertz CT molecular complexity index is 360. The third kappa shape index (κ3) is 0.310. The monoisotopic (exact) mass is 130 g/mol. The Morgan fingerprint density at radius 1 is 0.800 bits per heavy atom. The molecule has 3 aromatic rings. The predicted octanol–water partition coefficient (Wildman–Crippen LogP) is 1.63. The Morgan fingerprint density at radius 2 is 1.40 bits per heavy atom. The van der Waals surface area contributed by atoms with Crippen molar-refractivity contribution >= 4 is 11.0 Å². The van der Waals surface area contributed by atoms with Gasteiger partial charge in [-0.15, -0.1) is 0 Å². The molecule has 0 saturated carbocycles. The number of hydrogen-bond acceptors (Lipinski definition) is 0. The van der Waals surface area contributed by atoms with Gasteiger partial charge in [-0.1, -0.05) is 0 Å². The third-order valence-corrected chi connectivity index (χ3v) is 1.96. The molecule has 2 nitrogen and oxygen atoms in total. The van der Waals surface area contributed by atoms with Crippen LogP contribution in [0.15, 0.2) is 36.9 Å². The summed E-state index contributed by atoms with van der Waals surface area (Å²) in [5.41, 5.74) is 1.28. The molecule has 0 aliphatic carbocycles. The zero-order valence-electron chi connectivity index (χ0n) is 5.36. The molecule has 0 amide bonds. The summed E-state index contributed by atoms with van der Waals surface area (Å²) in [7, 11) is 0. The van der Waals surface area contributed by atoms with Crippen LogP contribution in [0.4, 0.5) is 0 Å². The summed E-state index contributed by atoms with van der Waals surface area (Å²) in [6.45, 7) is 0. The van der Waals surface area contributed by atoms with Gasteiger partial charge in [0.1, 0.15) is 5.65 Å². The van der Waals surface area contributed by atoms with E-state index in [2.05, 4.69) is 45.7 Å². The average molecular weight is 130 g/mol. The molecule has 0 radical (unpaired) electrons. The van der Waals surface area contributed by atoms with Gasteiger partial charge in [0.15, 0.2) is 0 Å². The van der Waals surface area contributed by atoms with Crippen molar-refractivity contribution < 1.29 is 0 Å². The molecule has 3 aromatic heterocycles. The van der Waals surface area contributed by atoms with Gasteiger partial charge in [-0.25, -0.2) is 0 Å². The molecule has 0 bridgehead atoms. The minimum absolute atomic E-state index is 1.28. The van der Waals surface area contributed by atoms with Crippen LogP contribution in [0.3, 0.4) is 0 Å². The zero-order valence-corrected chi connectivity index (χ0v) is 5.36. The molecule has 0 aliphatic heterocycles. The molecule has 0 fully saturated rings. The number of imidazole rings is 1. The molecular weight excluding hydrogens is 124 g/mol. The lowest BCUT2D eigenvalue weighted by Gasteiger charge is -1.79. The highest BCUT2D eigenvalue weighted by molar-refractivity contribution is 5.78. The minimum atomic E-state index is 1.28. The van der Waals surface area contributed by atoms with Crippen LogP contribution >= 0.6 is 0 Å². The maximum absolute atomic E-state index is 2.12. The number of rotatable bonds is 0. The first kappa shape index (κ1) is 4.39. The molecule has 0 aromatic carbocycles. The molecule has 0 saturated heterocycles. The van der Waals surface area contributed by atoms with E-state index in [-0.39, 0.29) is 0 Å². The third-order valence-electron chi connectivity index (χ3n) is 1.96. The van der Waals surface area contributed by atoms with E-state index in [1.165, 1.54) is 11.0 Å². The summed E-state index contributed by atoms with van der Waals surface area (Å²) < 4.78 is 4.24. The van der Waals surface area contributed by atoms with E-state index in [1.807, 2.05) is 0 Å². The maximum atomic E-state index is 2.12. The highest BCUT2D eigenvalue weighted by Gasteiger charge is 2.01. The van der Waals surface area contributed by atoms with Gasteiger partial charge in [0.25, 0.3) is 0 Å². The summed E-state index contributed by atoms with van der Waals surface area (Å²) in [6.07, 6.45) is 8.26. The van der Waals surface area contributed by atoms with Crippen LogP contribution in [-0.4, -0.2) is 8.80 Å². The van der Waals surface area contributed by atoms with Gasteiger partial charge in [0.05, 0.1) is 0 Å². The van der Waals surface area contributed by atoms with Crippen molar-refractivity contribution in [1.29, 1.82) is 0 Å². The van der Waals surface area contributed by atoms with Crippen LogP contribution in [0.5, 0.6) is 0 Å². The van der Waals surface area contributed by atoms with Crippen LogP contribution in [0.1, 0.15) is 0 Å². The molecule has 0 spiro atoms. The molecule has 0 unspecified atom stereocenters. The topological polar surface area (TPSA) is 8.82 Å². The van der Waals surface area contributed by atoms with Crippen molar-refractivity contribution in [2.45, 2.75) is 0 Å². The fourth-order valence-corrected chi connectivity index (χ4v) is 1.48. The van der Waals surface area contributed by atoms with Crippen molar-refractivity contribution in [1.82, 2.24) is 8.80 Å². The average Bonchev–Trinajstić information content (AvgIpc) is 2.56. The Hall–Kier alpha value is -1.44. The molecule has 3 rings (SSSR count). The summed E-state index contributed by atoms with van der Waals surface area (Å²) in [5, 5.41) is 1.31. The smallest absolute Gasteiger partial charge is 0.128 e. The largest absolute Gasteiger partial charge is 0.308 e. The van der Waals surface area contributed by atoms with Gasteiger partial charge in [-0.3, -0.25) is 0 Å². The van der Waals surface area contributed by atoms with Crippen LogP contribution < -0.4 is 0 Å². The number of aromatic nitrogens is 2. The molecule has 0 aliphatic rings. The Morgan fingerprint density at radius 3 is 2.00 bits per heavy atom. The fraction of sp³-hybridized carbons (Fsp3) is 0. The maximum Gasteiger partial charge on any atom is 0.128 e. The molecule has 2 heteroatoms. The van der Waals surface area contributed by atoms with Gasteiger partial charge in [0, 0.05) is 30.2 Å². The summed E-state index contributed by atoms with van der Waals surface area (Å²) in [4.78, 5) is 0. The van der Waals surface area contributed by atoms with E-state index in [0.29, 0.717) is 0 Å². The first-order chi connectivity index (χ1) is 4.95. The Labute approximate surface area is 57.6 Å². The summed E-state index contributed by atoms with van der Waals surface area (Å²) in [6, 6.07) is 4.24. The standard InChI is InChI=1S/C8H6N2/c1-3-9-5-6-10-4-2-7(1)8(9)10/h1-6H. The first-order valence-corrected chi connectivity index (χ1v) is 3.31. The van der Waals surface area contributed by atoms with Gasteiger partial charge in [-0.2, -0.15) is 0 Å². The van der Waals surface area contributed by atoms with Crippen molar-refractivity contribution in [3.8, 4) is 0 Å². The SMILES string of the molecule is c1cn2ccn3ccc1c23. The molecule has 0 atom stereocenters. The second-order valence-electron chi connectivity index (χ2n) is 2.52. The van der Waals surface area contributed by atoms with Crippen LogP contribution in [0, 0.1) is 0 Å². The second kappa shape index (κ2) is 1.19. The van der Waals surface area contributed by atoms with Gasteiger partial charge in [-0.05, 0) is 12.1 Å². The van der Waals surface area contributed by atoms with Crippen LogP contribution in [0.25, 0.3) is 11.0 Å². The van der Waals surface area contributed by atoms with Crippen molar-refractivity contribution in [3.05, 3.63) is 36.9 Å². The zero-order chi connectivity index (χ0) is 6.55. The quantitative estimate of drug-likeness (QED) is 0.437. The summed E-state index contributed by atoms with van der Waals surface area (Å²) >= 11 is 0. The van der Waals surface area contributed by atoms with E-state index >= 15 is 0 Å². The minimum Gasteiger partial charge on any atom is -0.308 e. The number of nitrogens with zero attached hydrogens (tertiary/aromatic N) is 2. The lowest BCUT2D eigenvalue weighted by Crippen LogP contribution is -1.72. The molecule has 48 valence electrons. The van der Waals surface area contributed by atoms with Crippen molar-refractivity contribution in [2.24, 2.45) is 0 Å². The number of hydrogen-bond donors (Lipinski definition) is 0. The highest BCUT2D eigenvalue weighted by atomic mass is 15.1. The normalized spacial score (nSPS) is 12.0. The van der Waals surface area contributed by atoms with Gasteiger partial charge < -0.3 is 8.80 Å². The predicted molar refractivity (Wildman–Crippen MR) is 39.5 cm³/mol. The molecule has 3 heterocycles. The van der Waals surface area contributed by atoms with Crippen LogP contribution in [-0.2, 0) is 0 Å². The Balaban J connectivity index is 2.92. The van der Waals surface area contributed by atoms with E-state index in [1.54, 1.807) is 0 Å². The first-order valence-electron chi connectivity index (χ1n) is 3.31. The van der Waals surface area contributed by atoms with E-state index in [4.69, 9.17) is 0 Å². The van der Waals surface area contributed by atoms with Crippen molar-refractivity contribution in [3.63, 3.8) is 0 Å². The van der Waals surface area contributed by atoms with Gasteiger partial charge in [0.2, 0.25) is 0 Å². The van der Waals surface area contributed by atoms with E-state index in [0.717, 1.165) is 0 Å². The van der Waals surface area contributed by atoms with Crippen LogP contribution in [0.2, 0.25) is 0 Å². The summed E-state index contributed by atoms with van der Waals surface area (Å²) in [5.74, 6) is 0. The molecule has 10 heavy (non-hydrogen) atoms. The second-order valence-corrected chi connectivity index (χ2v) is 2.52. The van der Waals surface area contributed by atoms with E-state index < -0.39 is 0 Å². The van der Waals surface area contributed by atoms with Crippen molar-refractivity contribution in [2.75, 3.05) is 0 Å². The Kier molecular flexibility index (Phi) is 0.520. The lowest BCUT2D eigenvalue weighted by molar-refractivity contribution is 1.19. The highest BCUT2D eigenvalue weighted by Crippen LogP contribution is 2.16. The molecule has 0 N–H and O–H groups in total. The molecular formula is C8H6N2. The van der Waals surface area contributed by atoms with E-state index in [9.17, 15) is 0 Å². The lowest BCUT2D eigenvalue weighted by atomic mass is 10.4. The fourth-order valence-electron chi connectivity index (χ4n) is 1.48. The van der Waals surface area contributed by atoms with Gasteiger partial charge >= 0.3 is 0 Å².